The molecule has 2 aliphatic rings. The molecule has 3 atom stereocenters. The molecule has 1 aliphatic carbocycles. The van der Waals surface area contributed by atoms with Crippen molar-refractivity contribution in [2.24, 2.45) is 0 Å². The standard InChI is InChI=1S/C18H26N2O3/c1-3-22-16-12-15(18(16)10-7-11-23-18)19-17(21)20(2)13-14-8-5-4-6-9-14/h4-6,8-9,15-16H,3,7,10-13H2,1-2H3,(H,19,21)/t15-,16-,18-/m1/s1. The van der Waals surface area contributed by atoms with Crippen LogP contribution in [-0.4, -0.2) is 48.9 Å². The fourth-order valence-electron chi connectivity index (χ4n) is 3.67. The second-order valence-corrected chi connectivity index (χ2v) is 6.43. The Kier molecular flexibility index (Phi) is 4.87. The Morgan fingerprint density at radius 2 is 2.22 bits per heavy atom. The quantitative estimate of drug-likeness (QED) is 0.908. The van der Waals surface area contributed by atoms with E-state index in [9.17, 15) is 4.79 Å². The molecule has 23 heavy (non-hydrogen) atoms. The highest BCUT2D eigenvalue weighted by molar-refractivity contribution is 5.74. The summed E-state index contributed by atoms with van der Waals surface area (Å²) < 4.78 is 11.8. The Morgan fingerprint density at radius 3 is 2.87 bits per heavy atom. The minimum Gasteiger partial charge on any atom is -0.375 e. The zero-order chi connectivity index (χ0) is 16.3. The van der Waals surface area contributed by atoms with Crippen LogP contribution in [0.3, 0.4) is 0 Å². The molecule has 0 bridgehead atoms. The second-order valence-electron chi connectivity index (χ2n) is 6.43. The molecule has 1 N–H and O–H groups in total. The van der Waals surface area contributed by atoms with Crippen molar-refractivity contribution in [3.8, 4) is 0 Å². The highest BCUT2D eigenvalue weighted by Crippen LogP contribution is 2.45. The van der Waals surface area contributed by atoms with Gasteiger partial charge in [0.25, 0.3) is 0 Å². The number of carbonyl (C=O) groups excluding carboxylic acids is 1. The Morgan fingerprint density at radius 1 is 1.43 bits per heavy atom. The van der Waals surface area contributed by atoms with Gasteiger partial charge in [-0.3, -0.25) is 0 Å². The number of nitrogens with one attached hydrogen (secondary N) is 1. The number of benzene rings is 1. The van der Waals surface area contributed by atoms with E-state index in [1.165, 1.54) is 0 Å². The topological polar surface area (TPSA) is 50.8 Å². The van der Waals surface area contributed by atoms with Gasteiger partial charge in [0.2, 0.25) is 0 Å². The number of carbonyl (C=O) groups is 1. The number of ether oxygens (including phenoxy) is 2. The molecule has 3 rings (SSSR count). The molecule has 1 aromatic rings. The van der Waals surface area contributed by atoms with Gasteiger partial charge in [0.05, 0.1) is 12.1 Å². The maximum Gasteiger partial charge on any atom is 0.317 e. The molecule has 1 spiro atoms. The van der Waals surface area contributed by atoms with Crippen LogP contribution >= 0.6 is 0 Å². The van der Waals surface area contributed by atoms with Crippen molar-refractivity contribution in [1.29, 1.82) is 0 Å². The van der Waals surface area contributed by atoms with Crippen LogP contribution in [-0.2, 0) is 16.0 Å². The monoisotopic (exact) mass is 318 g/mol. The highest BCUT2D eigenvalue weighted by atomic mass is 16.6. The van der Waals surface area contributed by atoms with Crippen LogP contribution < -0.4 is 5.32 Å². The maximum absolute atomic E-state index is 12.5. The minimum atomic E-state index is -0.306. The van der Waals surface area contributed by atoms with Gasteiger partial charge < -0.3 is 19.7 Å². The Labute approximate surface area is 137 Å². The van der Waals surface area contributed by atoms with Gasteiger partial charge in [-0.2, -0.15) is 0 Å². The summed E-state index contributed by atoms with van der Waals surface area (Å²) in [4.78, 5) is 14.2. The highest BCUT2D eigenvalue weighted by Gasteiger charge is 2.59. The smallest absolute Gasteiger partial charge is 0.317 e. The first kappa shape index (κ1) is 16.3. The van der Waals surface area contributed by atoms with Crippen molar-refractivity contribution in [2.45, 2.75) is 50.5 Å². The number of nitrogens with zero attached hydrogens (tertiary/aromatic N) is 1. The molecule has 1 saturated carbocycles. The summed E-state index contributed by atoms with van der Waals surface area (Å²) in [5.41, 5.74) is 0.817. The summed E-state index contributed by atoms with van der Waals surface area (Å²) in [6.45, 7) is 4.05. The zero-order valence-corrected chi connectivity index (χ0v) is 14.0. The first-order valence-electron chi connectivity index (χ1n) is 8.47. The predicted molar refractivity (Wildman–Crippen MR) is 88.2 cm³/mol. The lowest BCUT2D eigenvalue weighted by Crippen LogP contribution is -2.70. The summed E-state index contributed by atoms with van der Waals surface area (Å²) in [6.07, 6.45) is 2.94. The van der Waals surface area contributed by atoms with Crippen molar-refractivity contribution in [3.05, 3.63) is 35.9 Å². The van der Waals surface area contributed by atoms with E-state index in [0.717, 1.165) is 31.4 Å². The van der Waals surface area contributed by atoms with Crippen molar-refractivity contribution in [3.63, 3.8) is 0 Å². The average molecular weight is 318 g/mol. The molecule has 0 aromatic heterocycles. The first-order chi connectivity index (χ1) is 11.2. The fraction of sp³-hybridized carbons (Fsp3) is 0.611. The number of urea groups is 1. The third-order valence-corrected chi connectivity index (χ3v) is 4.94. The molecule has 0 unspecified atom stereocenters. The Balaban J connectivity index is 1.57. The molecule has 1 saturated heterocycles. The summed E-state index contributed by atoms with van der Waals surface area (Å²) in [6, 6.07) is 10.0. The molecule has 0 radical (unpaired) electrons. The predicted octanol–water partition coefficient (Wildman–Crippen LogP) is 2.55. The third kappa shape index (κ3) is 3.21. The molecular weight excluding hydrogens is 292 g/mol. The summed E-state index contributed by atoms with van der Waals surface area (Å²) >= 11 is 0. The van der Waals surface area contributed by atoms with Crippen LogP contribution in [0.5, 0.6) is 0 Å². The molecule has 5 heteroatoms. The second kappa shape index (κ2) is 6.89. The van der Waals surface area contributed by atoms with E-state index < -0.39 is 0 Å². The van der Waals surface area contributed by atoms with Crippen molar-refractivity contribution < 1.29 is 14.3 Å². The van der Waals surface area contributed by atoms with Crippen LogP contribution in [0.25, 0.3) is 0 Å². The zero-order valence-electron chi connectivity index (χ0n) is 14.0. The SMILES string of the molecule is CCO[C@@H]1C[C@@H](NC(=O)N(C)Cc2ccccc2)[C@]12CCCO2. The van der Waals surface area contributed by atoms with Gasteiger partial charge in [0, 0.05) is 26.8 Å². The number of hydrogen-bond donors (Lipinski definition) is 1. The van der Waals surface area contributed by atoms with Crippen LogP contribution in [0, 0.1) is 0 Å². The number of rotatable bonds is 5. The van der Waals surface area contributed by atoms with E-state index in [1.807, 2.05) is 44.3 Å². The maximum atomic E-state index is 12.5. The van der Waals surface area contributed by atoms with Crippen LogP contribution in [0.2, 0.25) is 0 Å². The van der Waals surface area contributed by atoms with Crippen molar-refractivity contribution >= 4 is 6.03 Å². The molecular formula is C18H26N2O3. The van der Waals surface area contributed by atoms with Gasteiger partial charge >= 0.3 is 6.03 Å². The number of amides is 2. The van der Waals surface area contributed by atoms with Crippen LogP contribution in [0.1, 0.15) is 31.7 Å². The normalized spacial score (nSPS) is 29.3. The lowest BCUT2D eigenvalue weighted by Gasteiger charge is -2.52. The van der Waals surface area contributed by atoms with E-state index in [4.69, 9.17) is 9.47 Å². The molecule has 1 aliphatic heterocycles. The van der Waals surface area contributed by atoms with Gasteiger partial charge in [-0.1, -0.05) is 30.3 Å². The van der Waals surface area contributed by atoms with E-state index in [-0.39, 0.29) is 23.8 Å². The van der Waals surface area contributed by atoms with Crippen LogP contribution in [0.15, 0.2) is 30.3 Å². The van der Waals surface area contributed by atoms with Crippen molar-refractivity contribution in [1.82, 2.24) is 10.2 Å². The van der Waals surface area contributed by atoms with Gasteiger partial charge in [-0.05, 0) is 31.7 Å². The fourth-order valence-corrected chi connectivity index (χ4v) is 3.67. The van der Waals surface area contributed by atoms with Gasteiger partial charge in [0.1, 0.15) is 5.60 Å². The van der Waals surface area contributed by atoms with Gasteiger partial charge in [0.15, 0.2) is 0 Å². The van der Waals surface area contributed by atoms with E-state index in [0.29, 0.717) is 13.2 Å². The lowest BCUT2D eigenvalue weighted by molar-refractivity contribution is -0.195. The van der Waals surface area contributed by atoms with Gasteiger partial charge in [-0.25, -0.2) is 4.79 Å². The van der Waals surface area contributed by atoms with Gasteiger partial charge in [-0.15, -0.1) is 0 Å². The van der Waals surface area contributed by atoms with E-state index in [2.05, 4.69) is 5.32 Å². The summed E-state index contributed by atoms with van der Waals surface area (Å²) in [5, 5.41) is 3.14. The lowest BCUT2D eigenvalue weighted by atomic mass is 9.70. The molecule has 1 aromatic carbocycles. The van der Waals surface area contributed by atoms with Crippen LogP contribution in [0.4, 0.5) is 4.79 Å². The summed E-state index contributed by atoms with van der Waals surface area (Å²) in [5.74, 6) is 0. The molecule has 5 nitrogen and oxygen atoms in total. The largest absolute Gasteiger partial charge is 0.375 e. The molecule has 2 fully saturated rings. The Hall–Kier alpha value is -1.59. The average Bonchev–Trinajstić information content (AvgIpc) is 3.07. The Bertz CT molecular complexity index is 528. The van der Waals surface area contributed by atoms with Crippen molar-refractivity contribution in [2.75, 3.05) is 20.3 Å². The van der Waals surface area contributed by atoms with E-state index in [1.54, 1.807) is 4.90 Å². The number of hydrogen-bond acceptors (Lipinski definition) is 3. The molecule has 1 heterocycles. The van der Waals surface area contributed by atoms with E-state index >= 15 is 0 Å². The molecule has 126 valence electrons. The third-order valence-electron chi connectivity index (χ3n) is 4.94. The summed E-state index contributed by atoms with van der Waals surface area (Å²) in [7, 11) is 1.82. The minimum absolute atomic E-state index is 0.0484. The molecule has 2 amide bonds. The first-order valence-corrected chi connectivity index (χ1v) is 8.47.